The van der Waals surface area contributed by atoms with Gasteiger partial charge in [-0.15, -0.1) is 11.3 Å². The van der Waals surface area contributed by atoms with Gasteiger partial charge in [0.2, 0.25) is 5.91 Å². The Morgan fingerprint density at radius 3 is 2.30 bits per heavy atom. The molecule has 2 saturated carbocycles. The summed E-state index contributed by atoms with van der Waals surface area (Å²) in [5, 5.41) is 3.89. The number of rotatable bonds is 8. The van der Waals surface area contributed by atoms with E-state index in [1.54, 1.807) is 11.3 Å². The van der Waals surface area contributed by atoms with Crippen molar-refractivity contribution in [3.63, 3.8) is 0 Å². The molecule has 0 bridgehead atoms. The van der Waals surface area contributed by atoms with Crippen LogP contribution < -0.4 is 5.32 Å². The molecule has 4 nitrogen and oxygen atoms in total. The monoisotopic (exact) mass is 449 g/mol. The highest BCUT2D eigenvalue weighted by Crippen LogP contribution is 2.42. The third kappa shape index (κ3) is 6.70. The fourth-order valence-electron chi connectivity index (χ4n) is 5.88. The Hall–Kier alpha value is -0.590. The molecule has 4 rings (SSSR count). The number of thioether (sulfide) groups is 1. The first-order valence-corrected chi connectivity index (χ1v) is 14.3. The molecular weight excluding hydrogens is 410 g/mol. The molecule has 0 radical (unpaired) electrons. The topological polar surface area (TPSA) is 45.2 Å². The van der Waals surface area contributed by atoms with Crippen LogP contribution >= 0.6 is 23.1 Å². The lowest BCUT2D eigenvalue weighted by Gasteiger charge is -2.38. The molecule has 1 aromatic rings. The lowest BCUT2D eigenvalue weighted by Crippen LogP contribution is -2.31. The van der Waals surface area contributed by atoms with Gasteiger partial charge in [-0.3, -0.25) is 9.69 Å². The van der Waals surface area contributed by atoms with Crippen molar-refractivity contribution in [2.24, 2.45) is 17.8 Å². The molecule has 1 amide bonds. The Kier molecular flexibility index (Phi) is 8.94. The normalized spacial score (nSPS) is 22.4. The van der Waals surface area contributed by atoms with Crippen LogP contribution in [0, 0.1) is 17.8 Å². The van der Waals surface area contributed by atoms with E-state index in [1.165, 1.54) is 80.6 Å². The first-order chi connectivity index (χ1) is 14.8. The van der Waals surface area contributed by atoms with Gasteiger partial charge in [0.15, 0.2) is 5.13 Å². The average Bonchev–Trinajstić information content (AvgIpc) is 3.22. The van der Waals surface area contributed by atoms with E-state index in [0.29, 0.717) is 6.42 Å². The molecule has 0 spiro atoms. The van der Waals surface area contributed by atoms with E-state index in [2.05, 4.69) is 15.2 Å². The molecular formula is C24H39N3OS2. The molecule has 3 fully saturated rings. The highest BCUT2D eigenvalue weighted by atomic mass is 32.2. The molecule has 3 aliphatic rings. The number of hydrogen-bond acceptors (Lipinski definition) is 5. The van der Waals surface area contributed by atoms with Crippen LogP contribution in [-0.4, -0.2) is 40.4 Å². The SMILES string of the molecule is O=C(CCC(C1CCCCC1)C1CCCCC1)Nc1ncc(CN2CCSCC2)s1. The Balaban J connectivity index is 1.26. The first-order valence-electron chi connectivity index (χ1n) is 12.3. The number of nitrogens with one attached hydrogen (secondary N) is 1. The second-order valence-corrected chi connectivity index (χ2v) is 11.9. The summed E-state index contributed by atoms with van der Waals surface area (Å²) in [5.41, 5.74) is 0. The van der Waals surface area contributed by atoms with E-state index in [1.807, 2.05) is 18.0 Å². The molecule has 168 valence electrons. The van der Waals surface area contributed by atoms with Crippen LogP contribution in [-0.2, 0) is 11.3 Å². The number of thiazole rings is 1. The molecule has 1 aliphatic heterocycles. The fourth-order valence-corrected chi connectivity index (χ4v) is 7.73. The summed E-state index contributed by atoms with van der Waals surface area (Å²) in [6.45, 7) is 3.29. The van der Waals surface area contributed by atoms with Crippen LogP contribution in [0.3, 0.4) is 0 Å². The lowest BCUT2D eigenvalue weighted by molar-refractivity contribution is -0.116. The van der Waals surface area contributed by atoms with Crippen molar-refractivity contribution >= 4 is 34.1 Å². The van der Waals surface area contributed by atoms with Crippen LogP contribution in [0.5, 0.6) is 0 Å². The third-order valence-electron chi connectivity index (χ3n) is 7.50. The summed E-state index contributed by atoms with van der Waals surface area (Å²) in [4.78, 5) is 21.0. The first kappa shape index (κ1) is 22.6. The fraction of sp³-hybridized carbons (Fsp3) is 0.833. The van der Waals surface area contributed by atoms with Gasteiger partial charge in [-0.2, -0.15) is 11.8 Å². The zero-order valence-corrected chi connectivity index (χ0v) is 20.1. The lowest BCUT2D eigenvalue weighted by atomic mass is 9.68. The molecule has 1 saturated heterocycles. The number of aromatic nitrogens is 1. The van der Waals surface area contributed by atoms with Gasteiger partial charge in [0.1, 0.15) is 0 Å². The predicted molar refractivity (Wildman–Crippen MR) is 129 cm³/mol. The van der Waals surface area contributed by atoms with E-state index in [-0.39, 0.29) is 5.91 Å². The number of nitrogens with zero attached hydrogens (tertiary/aromatic N) is 2. The molecule has 1 N–H and O–H groups in total. The highest BCUT2D eigenvalue weighted by Gasteiger charge is 2.31. The molecule has 2 heterocycles. The maximum atomic E-state index is 12.7. The van der Waals surface area contributed by atoms with Crippen LogP contribution in [0.15, 0.2) is 6.20 Å². The summed E-state index contributed by atoms with van der Waals surface area (Å²) in [6, 6.07) is 0. The van der Waals surface area contributed by atoms with Crippen LogP contribution in [0.25, 0.3) is 0 Å². The van der Waals surface area contributed by atoms with Crippen molar-refractivity contribution < 1.29 is 4.79 Å². The number of anilines is 1. The second-order valence-electron chi connectivity index (χ2n) is 9.57. The zero-order chi connectivity index (χ0) is 20.6. The molecule has 0 atom stereocenters. The van der Waals surface area contributed by atoms with Gasteiger partial charge in [-0.05, 0) is 24.2 Å². The second kappa shape index (κ2) is 11.9. The third-order valence-corrected chi connectivity index (χ3v) is 9.34. The number of amides is 1. The molecule has 0 unspecified atom stereocenters. The van der Waals surface area contributed by atoms with Crippen LogP contribution in [0.4, 0.5) is 5.13 Å². The van der Waals surface area contributed by atoms with Crippen molar-refractivity contribution in [3.8, 4) is 0 Å². The van der Waals surface area contributed by atoms with Crippen LogP contribution in [0.1, 0.15) is 81.9 Å². The number of carbonyl (C=O) groups excluding carboxylic acids is 1. The Labute approximate surface area is 191 Å². The highest BCUT2D eigenvalue weighted by molar-refractivity contribution is 7.99. The summed E-state index contributed by atoms with van der Waals surface area (Å²) < 4.78 is 0. The van der Waals surface area contributed by atoms with E-state index >= 15 is 0 Å². The van der Waals surface area contributed by atoms with E-state index in [4.69, 9.17) is 0 Å². The van der Waals surface area contributed by atoms with Gasteiger partial charge in [-0.25, -0.2) is 4.98 Å². The van der Waals surface area contributed by atoms with E-state index in [9.17, 15) is 4.79 Å². The summed E-state index contributed by atoms with van der Waals surface area (Å²) in [7, 11) is 0. The average molecular weight is 450 g/mol. The smallest absolute Gasteiger partial charge is 0.226 e. The summed E-state index contributed by atoms with van der Waals surface area (Å²) >= 11 is 3.69. The van der Waals surface area contributed by atoms with E-state index in [0.717, 1.165) is 48.9 Å². The minimum atomic E-state index is 0.168. The molecule has 0 aromatic carbocycles. The van der Waals surface area contributed by atoms with Gasteiger partial charge >= 0.3 is 0 Å². The quantitative estimate of drug-likeness (QED) is 0.514. The molecule has 30 heavy (non-hydrogen) atoms. The summed E-state index contributed by atoms with van der Waals surface area (Å²) in [5.74, 6) is 5.12. The minimum absolute atomic E-state index is 0.168. The molecule has 2 aliphatic carbocycles. The zero-order valence-electron chi connectivity index (χ0n) is 18.4. The van der Waals surface area contributed by atoms with Crippen molar-refractivity contribution in [1.82, 2.24) is 9.88 Å². The van der Waals surface area contributed by atoms with Crippen molar-refractivity contribution in [2.75, 3.05) is 29.9 Å². The number of carbonyl (C=O) groups is 1. The van der Waals surface area contributed by atoms with E-state index < -0.39 is 0 Å². The maximum Gasteiger partial charge on any atom is 0.226 e. The Bertz CT molecular complexity index is 629. The molecule has 6 heteroatoms. The van der Waals surface area contributed by atoms with Crippen LogP contribution in [0.2, 0.25) is 0 Å². The van der Waals surface area contributed by atoms with Gasteiger partial charge in [0.25, 0.3) is 0 Å². The number of hydrogen-bond donors (Lipinski definition) is 1. The van der Waals surface area contributed by atoms with Crippen molar-refractivity contribution in [2.45, 2.75) is 83.6 Å². The maximum absolute atomic E-state index is 12.7. The largest absolute Gasteiger partial charge is 0.302 e. The van der Waals surface area contributed by atoms with Crippen molar-refractivity contribution in [3.05, 3.63) is 11.1 Å². The predicted octanol–water partition coefficient (Wildman–Crippen LogP) is 6.19. The van der Waals surface area contributed by atoms with Gasteiger partial charge < -0.3 is 5.32 Å². The van der Waals surface area contributed by atoms with Crippen molar-refractivity contribution in [1.29, 1.82) is 0 Å². The summed E-state index contributed by atoms with van der Waals surface area (Å²) in [6.07, 6.45) is 17.7. The standard InChI is InChI=1S/C24H39N3OS2/c28-23(26-24-25-17-21(30-24)18-27-13-15-29-16-14-27)12-11-22(19-7-3-1-4-8-19)20-9-5-2-6-10-20/h17,19-20,22H,1-16,18H2,(H,25,26,28). The van der Waals surface area contributed by atoms with Gasteiger partial charge in [-0.1, -0.05) is 64.2 Å². The Morgan fingerprint density at radius 2 is 1.67 bits per heavy atom. The Morgan fingerprint density at radius 1 is 1.03 bits per heavy atom. The van der Waals surface area contributed by atoms with Gasteiger partial charge in [0, 0.05) is 48.6 Å². The molecule has 1 aromatic heterocycles. The minimum Gasteiger partial charge on any atom is -0.302 e. The van der Waals surface area contributed by atoms with Gasteiger partial charge in [0.05, 0.1) is 0 Å².